The number of amides is 1. The average molecular weight is 443 g/mol. The van der Waals surface area contributed by atoms with Crippen molar-refractivity contribution in [2.24, 2.45) is 15.9 Å². The Balaban J connectivity index is 2.00. The van der Waals surface area contributed by atoms with Gasteiger partial charge < -0.3 is 4.42 Å². The lowest BCUT2D eigenvalue weighted by molar-refractivity contribution is -0.115. The Labute approximate surface area is 195 Å². The van der Waals surface area contributed by atoms with Gasteiger partial charge in [-0.05, 0) is 59.2 Å². The Morgan fingerprint density at radius 1 is 0.848 bits per heavy atom. The molecule has 4 rings (SSSR count). The molecule has 1 amide bonds. The summed E-state index contributed by atoms with van der Waals surface area (Å²) in [4.78, 5) is 27.2. The van der Waals surface area contributed by atoms with Gasteiger partial charge in [0, 0.05) is 11.1 Å². The third kappa shape index (κ3) is 4.04. The number of carbonyl (C=O) groups excluding carboxylic acids is 2. The third-order valence-corrected chi connectivity index (χ3v) is 5.93. The number of anilines is 1. The van der Waals surface area contributed by atoms with E-state index in [4.69, 9.17) is 9.52 Å². The van der Waals surface area contributed by atoms with Crippen molar-refractivity contribution in [3.63, 3.8) is 0 Å². The molecule has 33 heavy (non-hydrogen) atoms. The van der Waals surface area contributed by atoms with Crippen molar-refractivity contribution in [3.05, 3.63) is 88.4 Å². The molecular formula is C28H30N2O3. The minimum atomic E-state index is -0.382. The quantitative estimate of drug-likeness (QED) is 0.523. The van der Waals surface area contributed by atoms with Gasteiger partial charge in [-0.2, -0.15) is 10.1 Å². The second kappa shape index (κ2) is 7.84. The fourth-order valence-electron chi connectivity index (χ4n) is 4.10. The number of aryl methyl sites for hydroxylation is 1. The van der Waals surface area contributed by atoms with Gasteiger partial charge in [-0.25, -0.2) is 0 Å². The third-order valence-electron chi connectivity index (χ3n) is 5.93. The predicted octanol–water partition coefficient (Wildman–Crippen LogP) is 6.16. The molecule has 0 atom stereocenters. The number of rotatable bonds is 2. The lowest BCUT2D eigenvalue weighted by Gasteiger charge is -2.31. The summed E-state index contributed by atoms with van der Waals surface area (Å²) in [5.41, 5.74) is 3.83. The maximum atomic E-state index is 13.8. The predicted molar refractivity (Wildman–Crippen MR) is 131 cm³/mol. The lowest BCUT2D eigenvalue weighted by atomic mass is 9.71. The van der Waals surface area contributed by atoms with Crippen LogP contribution >= 0.6 is 0 Å². The highest BCUT2D eigenvalue weighted by atomic mass is 16.3. The molecule has 1 aromatic heterocycles. The van der Waals surface area contributed by atoms with Crippen LogP contribution in [0.2, 0.25) is 0 Å². The standard InChI is InChI=1S/C28H30N2O3/c1-17-11-8-9-12-21(17)30-26(32)23(24(29-30)22-13-10-14-33-22)18-15-19(27(2,3)4)25(31)20(16-18)28(5,6)7/h8-16H,1-7H3. The molecule has 170 valence electrons. The van der Waals surface area contributed by atoms with Crippen LogP contribution in [0.25, 0.3) is 0 Å². The first-order valence-corrected chi connectivity index (χ1v) is 11.2. The van der Waals surface area contributed by atoms with Crippen molar-refractivity contribution in [2.75, 3.05) is 5.01 Å². The number of ketones is 1. The normalized spacial score (nSPS) is 17.4. The van der Waals surface area contributed by atoms with E-state index in [1.165, 1.54) is 5.01 Å². The van der Waals surface area contributed by atoms with Crippen LogP contribution in [0.4, 0.5) is 5.69 Å². The fourth-order valence-corrected chi connectivity index (χ4v) is 4.10. The number of para-hydroxylation sites is 1. The summed E-state index contributed by atoms with van der Waals surface area (Å²) < 4.78 is 5.66. The largest absolute Gasteiger partial charge is 0.463 e. The number of benzene rings is 1. The topological polar surface area (TPSA) is 62.9 Å². The van der Waals surface area contributed by atoms with Crippen LogP contribution in [0.1, 0.15) is 52.9 Å². The van der Waals surface area contributed by atoms with Gasteiger partial charge in [0.25, 0.3) is 5.91 Å². The molecule has 0 fully saturated rings. The molecule has 0 unspecified atom stereocenters. The van der Waals surface area contributed by atoms with Crippen LogP contribution in [-0.4, -0.2) is 17.4 Å². The van der Waals surface area contributed by atoms with E-state index in [0.717, 1.165) is 5.56 Å². The van der Waals surface area contributed by atoms with Crippen LogP contribution in [0, 0.1) is 17.8 Å². The Kier molecular flexibility index (Phi) is 5.39. The number of hydrazone groups is 1. The van der Waals surface area contributed by atoms with Crippen molar-refractivity contribution in [1.82, 2.24) is 0 Å². The van der Waals surface area contributed by atoms with Crippen LogP contribution in [0.3, 0.4) is 0 Å². The first-order chi connectivity index (χ1) is 15.4. The van der Waals surface area contributed by atoms with E-state index in [-0.39, 0.29) is 22.5 Å². The molecular weight excluding hydrogens is 412 g/mol. The van der Waals surface area contributed by atoms with Gasteiger partial charge >= 0.3 is 0 Å². The van der Waals surface area contributed by atoms with Gasteiger partial charge in [-0.3, -0.25) is 9.59 Å². The number of furan rings is 1. The van der Waals surface area contributed by atoms with Crippen molar-refractivity contribution >= 4 is 23.1 Å². The first-order valence-electron chi connectivity index (χ1n) is 11.2. The second-order valence-corrected chi connectivity index (χ2v) is 10.6. The SMILES string of the molecule is Cc1ccccc1N1N=C(c2ccco2)C(=C2C=C(C(C)(C)C)C(=O)C(C(C)(C)C)=C2)C1=O. The summed E-state index contributed by atoms with van der Waals surface area (Å²) in [5, 5.41) is 6.13. The van der Waals surface area contributed by atoms with Gasteiger partial charge in [0.05, 0.1) is 17.5 Å². The molecule has 0 bridgehead atoms. The molecule has 5 heteroatoms. The van der Waals surface area contributed by atoms with Crippen molar-refractivity contribution in [3.8, 4) is 0 Å². The van der Waals surface area contributed by atoms with Gasteiger partial charge in [0.15, 0.2) is 11.5 Å². The summed E-state index contributed by atoms with van der Waals surface area (Å²) in [6.45, 7) is 14.0. The van der Waals surface area contributed by atoms with Gasteiger partial charge in [-0.15, -0.1) is 0 Å². The van der Waals surface area contributed by atoms with Crippen LogP contribution < -0.4 is 5.01 Å². The smallest absolute Gasteiger partial charge is 0.281 e. The summed E-state index contributed by atoms with van der Waals surface area (Å²) in [6, 6.07) is 11.2. The number of hydrogen-bond donors (Lipinski definition) is 0. The Bertz CT molecular complexity index is 1220. The zero-order chi connectivity index (χ0) is 24.1. The van der Waals surface area contributed by atoms with Crippen LogP contribution in [0.5, 0.6) is 0 Å². The number of hydrogen-bond acceptors (Lipinski definition) is 4. The van der Waals surface area contributed by atoms with E-state index >= 15 is 0 Å². The zero-order valence-corrected chi connectivity index (χ0v) is 20.3. The summed E-state index contributed by atoms with van der Waals surface area (Å²) in [5.74, 6) is 0.293. The number of allylic oxidation sites excluding steroid dienone is 5. The molecule has 1 aromatic carbocycles. The Hall–Kier alpha value is -3.47. The molecule has 2 aromatic rings. The molecule has 0 N–H and O–H groups in total. The molecule has 1 aliphatic heterocycles. The maximum Gasteiger partial charge on any atom is 0.281 e. The molecule has 0 spiro atoms. The first kappa shape index (κ1) is 22.7. The molecule has 0 radical (unpaired) electrons. The minimum absolute atomic E-state index is 0.0250. The van der Waals surface area contributed by atoms with Crippen molar-refractivity contribution < 1.29 is 14.0 Å². The van der Waals surface area contributed by atoms with E-state index in [2.05, 4.69) is 0 Å². The Morgan fingerprint density at radius 2 is 1.45 bits per heavy atom. The molecule has 2 aliphatic rings. The summed E-state index contributed by atoms with van der Waals surface area (Å²) in [7, 11) is 0. The molecule has 0 saturated heterocycles. The summed E-state index contributed by atoms with van der Waals surface area (Å²) in [6.07, 6.45) is 5.27. The molecule has 5 nitrogen and oxygen atoms in total. The maximum absolute atomic E-state index is 13.8. The summed E-state index contributed by atoms with van der Waals surface area (Å²) >= 11 is 0. The molecule has 0 saturated carbocycles. The lowest BCUT2D eigenvalue weighted by Crippen LogP contribution is -2.29. The van der Waals surface area contributed by atoms with E-state index in [1.807, 2.05) is 84.9 Å². The van der Waals surface area contributed by atoms with Crippen LogP contribution in [0.15, 0.2) is 86.6 Å². The number of Topliss-reactive ketones (excluding diaryl/α,β-unsaturated/α-hetero) is 1. The van der Waals surface area contributed by atoms with Gasteiger partial charge in [0.1, 0.15) is 5.71 Å². The molecule has 1 aliphatic carbocycles. The highest BCUT2D eigenvalue weighted by molar-refractivity contribution is 6.36. The highest BCUT2D eigenvalue weighted by Crippen LogP contribution is 2.41. The van der Waals surface area contributed by atoms with Crippen molar-refractivity contribution in [2.45, 2.75) is 48.5 Å². The van der Waals surface area contributed by atoms with Crippen LogP contribution in [-0.2, 0) is 9.59 Å². The van der Waals surface area contributed by atoms with E-state index < -0.39 is 0 Å². The van der Waals surface area contributed by atoms with E-state index in [0.29, 0.717) is 39.5 Å². The minimum Gasteiger partial charge on any atom is -0.463 e. The van der Waals surface area contributed by atoms with Gasteiger partial charge in [0.2, 0.25) is 0 Å². The second-order valence-electron chi connectivity index (χ2n) is 10.6. The number of nitrogens with zero attached hydrogens (tertiary/aromatic N) is 2. The average Bonchev–Trinajstić information content (AvgIpc) is 3.35. The van der Waals surface area contributed by atoms with E-state index in [9.17, 15) is 9.59 Å². The monoisotopic (exact) mass is 442 g/mol. The highest BCUT2D eigenvalue weighted by Gasteiger charge is 2.39. The fraction of sp³-hybridized carbons (Fsp3) is 0.321. The number of carbonyl (C=O) groups is 2. The van der Waals surface area contributed by atoms with Crippen molar-refractivity contribution in [1.29, 1.82) is 0 Å². The molecule has 2 heterocycles. The van der Waals surface area contributed by atoms with Gasteiger partial charge in [-0.1, -0.05) is 59.7 Å². The zero-order valence-electron chi connectivity index (χ0n) is 20.3. The van der Waals surface area contributed by atoms with E-state index in [1.54, 1.807) is 18.4 Å². The Morgan fingerprint density at radius 3 is 1.97 bits per heavy atom.